The lowest BCUT2D eigenvalue weighted by atomic mass is 9.99. The van der Waals surface area contributed by atoms with E-state index in [1.165, 1.54) is 6.07 Å². The zero-order chi connectivity index (χ0) is 12.4. The Morgan fingerprint density at radius 1 is 1.00 bits per heavy atom. The molecule has 0 spiro atoms. The fourth-order valence-corrected chi connectivity index (χ4v) is 2.17. The van der Waals surface area contributed by atoms with Crippen molar-refractivity contribution in [3.05, 3.63) is 69.5 Å². The highest BCUT2D eigenvalue weighted by molar-refractivity contribution is 6.35. The van der Waals surface area contributed by atoms with Gasteiger partial charge in [-0.05, 0) is 23.8 Å². The molecule has 0 saturated carbocycles. The van der Waals surface area contributed by atoms with Crippen molar-refractivity contribution in [1.82, 2.24) is 0 Å². The quantitative estimate of drug-likeness (QED) is 0.870. The lowest BCUT2D eigenvalue weighted by Crippen LogP contribution is -2.14. The van der Waals surface area contributed by atoms with Crippen molar-refractivity contribution >= 4 is 23.2 Å². The second kappa shape index (κ2) is 5.05. The van der Waals surface area contributed by atoms with Crippen LogP contribution in [0.4, 0.5) is 4.39 Å². The van der Waals surface area contributed by atoms with Gasteiger partial charge in [-0.2, -0.15) is 0 Å². The summed E-state index contributed by atoms with van der Waals surface area (Å²) in [5.74, 6) is -0.342. The van der Waals surface area contributed by atoms with Crippen LogP contribution in [-0.4, -0.2) is 0 Å². The molecule has 0 fully saturated rings. The highest BCUT2D eigenvalue weighted by atomic mass is 35.5. The van der Waals surface area contributed by atoms with Gasteiger partial charge in [-0.15, -0.1) is 0 Å². The van der Waals surface area contributed by atoms with Crippen molar-refractivity contribution in [3.8, 4) is 0 Å². The van der Waals surface area contributed by atoms with Gasteiger partial charge in [0, 0.05) is 15.6 Å². The summed E-state index contributed by atoms with van der Waals surface area (Å²) in [6.07, 6.45) is 0. The van der Waals surface area contributed by atoms with Gasteiger partial charge in [0.15, 0.2) is 0 Å². The Kier molecular flexibility index (Phi) is 3.67. The van der Waals surface area contributed by atoms with Crippen LogP contribution in [0.3, 0.4) is 0 Å². The number of nitrogens with two attached hydrogens (primary N) is 1. The Balaban J connectivity index is 2.44. The van der Waals surface area contributed by atoms with E-state index in [-0.39, 0.29) is 5.82 Å². The maximum absolute atomic E-state index is 13.6. The highest BCUT2D eigenvalue weighted by Crippen LogP contribution is 2.29. The largest absolute Gasteiger partial charge is 0.320 e. The third-order valence-corrected chi connectivity index (χ3v) is 3.10. The minimum Gasteiger partial charge on any atom is -0.320 e. The van der Waals surface area contributed by atoms with Gasteiger partial charge in [-0.1, -0.05) is 47.5 Å². The van der Waals surface area contributed by atoms with Gasteiger partial charge >= 0.3 is 0 Å². The Hall–Kier alpha value is -1.09. The van der Waals surface area contributed by atoms with Crippen LogP contribution in [0.15, 0.2) is 42.5 Å². The molecule has 0 aliphatic rings. The van der Waals surface area contributed by atoms with Crippen molar-refractivity contribution in [1.29, 1.82) is 0 Å². The van der Waals surface area contributed by atoms with Crippen LogP contribution in [0.2, 0.25) is 10.0 Å². The van der Waals surface area contributed by atoms with Crippen molar-refractivity contribution in [3.63, 3.8) is 0 Å². The van der Waals surface area contributed by atoms with E-state index < -0.39 is 6.04 Å². The molecule has 0 aliphatic heterocycles. The van der Waals surface area contributed by atoms with Crippen LogP contribution in [0.25, 0.3) is 0 Å². The third-order valence-electron chi connectivity index (χ3n) is 2.54. The van der Waals surface area contributed by atoms with Gasteiger partial charge in [-0.3, -0.25) is 0 Å². The van der Waals surface area contributed by atoms with Gasteiger partial charge in [0.05, 0.1) is 6.04 Å². The first kappa shape index (κ1) is 12.4. The monoisotopic (exact) mass is 269 g/mol. The maximum atomic E-state index is 13.6. The molecule has 0 aliphatic carbocycles. The first-order valence-electron chi connectivity index (χ1n) is 5.04. The lowest BCUT2D eigenvalue weighted by Gasteiger charge is -2.15. The van der Waals surface area contributed by atoms with Crippen molar-refractivity contribution in [2.75, 3.05) is 0 Å². The lowest BCUT2D eigenvalue weighted by molar-refractivity contribution is 0.600. The molecular weight excluding hydrogens is 260 g/mol. The van der Waals surface area contributed by atoms with E-state index >= 15 is 0 Å². The molecule has 0 aromatic heterocycles. The van der Waals surface area contributed by atoms with Crippen LogP contribution in [0, 0.1) is 5.82 Å². The van der Waals surface area contributed by atoms with Gasteiger partial charge < -0.3 is 5.73 Å². The standard InChI is InChI=1S/C13H10Cl2FN/c14-8-5-6-9(11(15)7-8)13(17)10-3-1-2-4-12(10)16/h1-7,13H,17H2. The Labute approximate surface area is 109 Å². The van der Waals surface area contributed by atoms with E-state index in [4.69, 9.17) is 28.9 Å². The van der Waals surface area contributed by atoms with E-state index in [0.717, 1.165) is 0 Å². The average Bonchev–Trinajstić information content (AvgIpc) is 2.29. The molecule has 2 aromatic rings. The molecule has 1 unspecified atom stereocenters. The molecule has 88 valence electrons. The Morgan fingerprint density at radius 3 is 2.35 bits per heavy atom. The predicted molar refractivity (Wildman–Crippen MR) is 68.9 cm³/mol. The van der Waals surface area contributed by atoms with Gasteiger partial charge in [0.25, 0.3) is 0 Å². The fourth-order valence-electron chi connectivity index (χ4n) is 1.65. The normalized spacial score (nSPS) is 12.5. The zero-order valence-corrected chi connectivity index (χ0v) is 10.3. The molecule has 17 heavy (non-hydrogen) atoms. The summed E-state index contributed by atoms with van der Waals surface area (Å²) >= 11 is 11.8. The molecule has 0 radical (unpaired) electrons. The topological polar surface area (TPSA) is 26.0 Å². The number of benzene rings is 2. The Morgan fingerprint density at radius 2 is 1.71 bits per heavy atom. The summed E-state index contributed by atoms with van der Waals surface area (Å²) < 4.78 is 13.6. The van der Waals surface area contributed by atoms with E-state index in [2.05, 4.69) is 0 Å². The molecule has 1 nitrogen and oxygen atoms in total. The molecule has 0 heterocycles. The van der Waals surface area contributed by atoms with Gasteiger partial charge in [-0.25, -0.2) is 4.39 Å². The number of hydrogen-bond donors (Lipinski definition) is 1. The summed E-state index contributed by atoms with van der Waals surface area (Å²) in [6, 6.07) is 10.8. The summed E-state index contributed by atoms with van der Waals surface area (Å²) in [5.41, 5.74) is 7.07. The SMILES string of the molecule is NC(c1ccccc1F)c1ccc(Cl)cc1Cl. The average molecular weight is 270 g/mol. The fraction of sp³-hybridized carbons (Fsp3) is 0.0769. The molecular formula is C13H10Cl2FN. The first-order chi connectivity index (χ1) is 8.09. The minimum absolute atomic E-state index is 0.342. The van der Waals surface area contributed by atoms with E-state index in [0.29, 0.717) is 21.2 Å². The van der Waals surface area contributed by atoms with E-state index in [1.54, 1.807) is 36.4 Å². The zero-order valence-electron chi connectivity index (χ0n) is 8.83. The predicted octanol–water partition coefficient (Wildman–Crippen LogP) is 4.18. The molecule has 2 rings (SSSR count). The number of halogens is 3. The second-order valence-corrected chi connectivity index (χ2v) is 4.51. The molecule has 0 bridgehead atoms. The Bertz CT molecular complexity index is 543. The smallest absolute Gasteiger partial charge is 0.128 e. The van der Waals surface area contributed by atoms with Gasteiger partial charge in [0.1, 0.15) is 5.82 Å². The van der Waals surface area contributed by atoms with Crippen LogP contribution in [0.5, 0.6) is 0 Å². The van der Waals surface area contributed by atoms with Gasteiger partial charge in [0.2, 0.25) is 0 Å². The molecule has 0 amide bonds. The van der Waals surface area contributed by atoms with Crippen LogP contribution >= 0.6 is 23.2 Å². The van der Waals surface area contributed by atoms with E-state index in [9.17, 15) is 4.39 Å². The molecule has 0 saturated heterocycles. The summed E-state index contributed by atoms with van der Waals surface area (Å²) in [5, 5.41) is 0.965. The molecule has 2 N–H and O–H groups in total. The highest BCUT2D eigenvalue weighted by Gasteiger charge is 2.15. The first-order valence-corrected chi connectivity index (χ1v) is 5.80. The van der Waals surface area contributed by atoms with Crippen molar-refractivity contribution in [2.45, 2.75) is 6.04 Å². The minimum atomic E-state index is -0.596. The molecule has 2 aromatic carbocycles. The molecule has 4 heteroatoms. The number of hydrogen-bond acceptors (Lipinski definition) is 1. The van der Waals surface area contributed by atoms with Crippen LogP contribution < -0.4 is 5.73 Å². The van der Waals surface area contributed by atoms with E-state index in [1.807, 2.05) is 0 Å². The summed E-state index contributed by atoms with van der Waals surface area (Å²) in [4.78, 5) is 0. The molecule has 1 atom stereocenters. The van der Waals surface area contributed by atoms with Crippen molar-refractivity contribution in [2.24, 2.45) is 5.73 Å². The van der Waals surface area contributed by atoms with Crippen molar-refractivity contribution < 1.29 is 4.39 Å². The van der Waals surface area contributed by atoms with Crippen LogP contribution in [0.1, 0.15) is 17.2 Å². The second-order valence-electron chi connectivity index (χ2n) is 3.67. The number of rotatable bonds is 2. The summed E-state index contributed by atoms with van der Waals surface area (Å²) in [6.45, 7) is 0. The maximum Gasteiger partial charge on any atom is 0.128 e. The summed E-state index contributed by atoms with van der Waals surface area (Å²) in [7, 11) is 0. The van der Waals surface area contributed by atoms with Crippen LogP contribution in [-0.2, 0) is 0 Å². The third kappa shape index (κ3) is 2.60.